The molecular formula is C13H22O2. The Morgan fingerprint density at radius 1 is 1.20 bits per heavy atom. The van der Waals surface area contributed by atoms with Crippen LogP contribution >= 0.6 is 0 Å². The number of carbonyl (C=O) groups is 1. The molecule has 86 valence electrons. The van der Waals surface area contributed by atoms with E-state index in [1.807, 2.05) is 0 Å². The van der Waals surface area contributed by atoms with Crippen LogP contribution in [0.25, 0.3) is 0 Å². The van der Waals surface area contributed by atoms with Gasteiger partial charge in [-0.3, -0.25) is 4.79 Å². The standard InChI is InChI=1S/C13H22O2/c1-9(2)13(7-8-13)11-5-3-10(4-6-11)12(14)15/h9-11H,3-8H2,1-2H3,(H,14,15). The van der Waals surface area contributed by atoms with Crippen molar-refractivity contribution in [2.45, 2.75) is 52.4 Å². The van der Waals surface area contributed by atoms with Crippen molar-refractivity contribution in [3.05, 3.63) is 0 Å². The molecular weight excluding hydrogens is 188 g/mol. The Morgan fingerprint density at radius 3 is 2.07 bits per heavy atom. The van der Waals surface area contributed by atoms with Crippen LogP contribution in [0, 0.1) is 23.2 Å². The molecule has 2 fully saturated rings. The van der Waals surface area contributed by atoms with E-state index < -0.39 is 5.97 Å². The zero-order valence-electron chi connectivity index (χ0n) is 9.83. The summed E-state index contributed by atoms with van der Waals surface area (Å²) >= 11 is 0. The van der Waals surface area contributed by atoms with Crippen LogP contribution in [0.15, 0.2) is 0 Å². The summed E-state index contributed by atoms with van der Waals surface area (Å²) in [6.45, 7) is 4.66. The number of carboxylic acid groups (broad SMARTS) is 1. The molecule has 0 atom stereocenters. The Hall–Kier alpha value is -0.530. The molecule has 0 amide bonds. The molecule has 0 bridgehead atoms. The SMILES string of the molecule is CC(C)C1(C2CCC(C(=O)O)CC2)CC1. The van der Waals surface area contributed by atoms with Crippen molar-refractivity contribution in [3.63, 3.8) is 0 Å². The smallest absolute Gasteiger partial charge is 0.306 e. The lowest BCUT2D eigenvalue weighted by Gasteiger charge is -2.35. The third kappa shape index (κ3) is 1.91. The highest BCUT2D eigenvalue weighted by Crippen LogP contribution is 2.61. The third-order valence-electron chi connectivity index (χ3n) is 4.87. The fraction of sp³-hybridized carbons (Fsp3) is 0.923. The lowest BCUT2D eigenvalue weighted by Crippen LogP contribution is -2.29. The van der Waals surface area contributed by atoms with E-state index >= 15 is 0 Å². The van der Waals surface area contributed by atoms with Crippen LogP contribution in [0.2, 0.25) is 0 Å². The number of hydrogen-bond acceptors (Lipinski definition) is 1. The van der Waals surface area contributed by atoms with E-state index in [2.05, 4.69) is 13.8 Å². The van der Waals surface area contributed by atoms with Gasteiger partial charge >= 0.3 is 5.97 Å². The minimum atomic E-state index is -0.581. The molecule has 0 saturated heterocycles. The van der Waals surface area contributed by atoms with E-state index in [1.54, 1.807) is 0 Å². The Kier molecular flexibility index (Phi) is 2.78. The highest BCUT2D eigenvalue weighted by molar-refractivity contribution is 5.70. The molecule has 15 heavy (non-hydrogen) atoms. The van der Waals surface area contributed by atoms with E-state index in [4.69, 9.17) is 5.11 Å². The van der Waals surface area contributed by atoms with E-state index in [0.717, 1.165) is 37.5 Å². The van der Waals surface area contributed by atoms with Crippen LogP contribution in [0.5, 0.6) is 0 Å². The Balaban J connectivity index is 1.91. The zero-order valence-corrected chi connectivity index (χ0v) is 9.83. The minimum Gasteiger partial charge on any atom is -0.481 e. The molecule has 2 saturated carbocycles. The first kappa shape index (κ1) is 11.0. The molecule has 0 aromatic carbocycles. The highest BCUT2D eigenvalue weighted by atomic mass is 16.4. The molecule has 2 rings (SSSR count). The maximum Gasteiger partial charge on any atom is 0.306 e. The molecule has 0 spiro atoms. The second kappa shape index (κ2) is 3.80. The molecule has 0 aliphatic heterocycles. The fourth-order valence-corrected chi connectivity index (χ4v) is 3.52. The normalized spacial score (nSPS) is 34.1. The number of rotatable bonds is 3. The second-order valence-electron chi connectivity index (χ2n) is 5.77. The van der Waals surface area contributed by atoms with Crippen molar-refractivity contribution in [3.8, 4) is 0 Å². The summed E-state index contributed by atoms with van der Waals surface area (Å²) in [7, 11) is 0. The predicted octanol–water partition coefficient (Wildman–Crippen LogP) is 3.31. The average Bonchev–Trinajstić information content (AvgIpc) is 2.98. The molecule has 0 unspecified atom stereocenters. The van der Waals surface area contributed by atoms with Gasteiger partial charge in [-0.1, -0.05) is 13.8 Å². The van der Waals surface area contributed by atoms with Gasteiger partial charge in [0, 0.05) is 0 Å². The van der Waals surface area contributed by atoms with Crippen molar-refractivity contribution in [2.75, 3.05) is 0 Å². The second-order valence-corrected chi connectivity index (χ2v) is 5.77. The Labute approximate surface area is 92.1 Å². The van der Waals surface area contributed by atoms with Crippen LogP contribution in [0.1, 0.15) is 52.4 Å². The van der Waals surface area contributed by atoms with Crippen LogP contribution in [0.4, 0.5) is 0 Å². The van der Waals surface area contributed by atoms with Crippen LogP contribution in [-0.4, -0.2) is 11.1 Å². The first-order valence-electron chi connectivity index (χ1n) is 6.29. The maximum atomic E-state index is 10.9. The number of carboxylic acids is 1. The van der Waals surface area contributed by atoms with E-state index in [-0.39, 0.29) is 5.92 Å². The van der Waals surface area contributed by atoms with Crippen LogP contribution < -0.4 is 0 Å². The summed E-state index contributed by atoms with van der Waals surface area (Å²) in [4.78, 5) is 10.9. The van der Waals surface area contributed by atoms with Gasteiger partial charge in [-0.15, -0.1) is 0 Å². The molecule has 0 heterocycles. The van der Waals surface area contributed by atoms with Crippen molar-refractivity contribution in [1.82, 2.24) is 0 Å². The van der Waals surface area contributed by atoms with Crippen LogP contribution in [0.3, 0.4) is 0 Å². The van der Waals surface area contributed by atoms with Gasteiger partial charge in [-0.25, -0.2) is 0 Å². The Bertz CT molecular complexity index is 245. The predicted molar refractivity (Wildman–Crippen MR) is 59.6 cm³/mol. The van der Waals surface area contributed by atoms with Crippen molar-refractivity contribution in [1.29, 1.82) is 0 Å². The fourth-order valence-electron chi connectivity index (χ4n) is 3.52. The van der Waals surface area contributed by atoms with Crippen molar-refractivity contribution >= 4 is 5.97 Å². The summed E-state index contributed by atoms with van der Waals surface area (Å²) in [5.41, 5.74) is 0.601. The summed E-state index contributed by atoms with van der Waals surface area (Å²) in [5, 5.41) is 8.95. The maximum absolute atomic E-state index is 10.9. The average molecular weight is 210 g/mol. The summed E-state index contributed by atoms with van der Waals surface area (Å²) in [6, 6.07) is 0. The first-order valence-corrected chi connectivity index (χ1v) is 6.29. The topological polar surface area (TPSA) is 37.3 Å². The van der Waals surface area contributed by atoms with E-state index in [1.165, 1.54) is 12.8 Å². The lowest BCUT2D eigenvalue weighted by atomic mass is 9.70. The highest BCUT2D eigenvalue weighted by Gasteiger charge is 2.51. The molecule has 1 N–H and O–H groups in total. The molecule has 0 aromatic rings. The van der Waals surface area contributed by atoms with E-state index in [9.17, 15) is 4.79 Å². The minimum absolute atomic E-state index is 0.0517. The van der Waals surface area contributed by atoms with Gasteiger partial charge in [-0.2, -0.15) is 0 Å². The van der Waals surface area contributed by atoms with Crippen LogP contribution in [-0.2, 0) is 4.79 Å². The summed E-state index contributed by atoms with van der Waals surface area (Å²) in [6.07, 6.45) is 6.88. The largest absolute Gasteiger partial charge is 0.481 e. The van der Waals surface area contributed by atoms with Gasteiger partial charge in [0.2, 0.25) is 0 Å². The molecule has 0 aromatic heterocycles. The molecule has 2 nitrogen and oxygen atoms in total. The third-order valence-corrected chi connectivity index (χ3v) is 4.87. The van der Waals surface area contributed by atoms with Crippen molar-refractivity contribution in [2.24, 2.45) is 23.2 Å². The lowest BCUT2D eigenvalue weighted by molar-refractivity contribution is -0.143. The van der Waals surface area contributed by atoms with Gasteiger partial charge in [0.25, 0.3) is 0 Å². The van der Waals surface area contributed by atoms with Gasteiger partial charge in [0.15, 0.2) is 0 Å². The molecule has 2 heteroatoms. The van der Waals surface area contributed by atoms with Gasteiger partial charge in [0.05, 0.1) is 5.92 Å². The van der Waals surface area contributed by atoms with Gasteiger partial charge in [0.1, 0.15) is 0 Å². The molecule has 2 aliphatic carbocycles. The zero-order chi connectivity index (χ0) is 11.1. The summed E-state index contributed by atoms with van der Waals surface area (Å²) in [5.74, 6) is 0.962. The van der Waals surface area contributed by atoms with Gasteiger partial charge < -0.3 is 5.11 Å². The summed E-state index contributed by atoms with van der Waals surface area (Å²) < 4.78 is 0. The monoisotopic (exact) mass is 210 g/mol. The number of aliphatic carboxylic acids is 1. The number of hydrogen-bond donors (Lipinski definition) is 1. The van der Waals surface area contributed by atoms with Crippen molar-refractivity contribution < 1.29 is 9.90 Å². The first-order chi connectivity index (χ1) is 7.06. The van der Waals surface area contributed by atoms with E-state index in [0.29, 0.717) is 5.41 Å². The van der Waals surface area contributed by atoms with Gasteiger partial charge in [-0.05, 0) is 55.8 Å². The quantitative estimate of drug-likeness (QED) is 0.776. The Morgan fingerprint density at radius 2 is 1.73 bits per heavy atom. The molecule has 2 aliphatic rings. The molecule has 0 radical (unpaired) electrons.